The van der Waals surface area contributed by atoms with Crippen molar-refractivity contribution in [2.75, 3.05) is 30.9 Å². The molecule has 0 bridgehead atoms. The van der Waals surface area contributed by atoms with Gasteiger partial charge in [-0.05, 0) is 43.4 Å². The lowest BCUT2D eigenvalue weighted by atomic mass is 9.93. The van der Waals surface area contributed by atoms with Crippen LogP contribution in [0.15, 0.2) is 24.3 Å². The first-order valence-corrected chi connectivity index (χ1v) is 7.47. The average molecular weight is 273 g/mol. The van der Waals surface area contributed by atoms with Gasteiger partial charge in [0.2, 0.25) is 5.91 Å². The molecular weight excluding hydrogens is 250 g/mol. The highest BCUT2D eigenvalue weighted by Gasteiger charge is 2.42. The second-order valence-electron chi connectivity index (χ2n) is 6.14. The van der Waals surface area contributed by atoms with Crippen molar-refractivity contribution < 1.29 is 4.79 Å². The van der Waals surface area contributed by atoms with Crippen molar-refractivity contribution in [3.05, 3.63) is 24.3 Å². The fourth-order valence-electron chi connectivity index (χ4n) is 3.65. The lowest BCUT2D eigenvalue weighted by Gasteiger charge is -2.21. The minimum atomic E-state index is -0.0160. The summed E-state index contributed by atoms with van der Waals surface area (Å²) in [4.78, 5) is 14.6. The number of para-hydroxylation sites is 2. The molecule has 2 aliphatic rings. The summed E-state index contributed by atoms with van der Waals surface area (Å²) in [5, 5.41) is 6.51. The molecule has 4 nitrogen and oxygen atoms in total. The number of hydrogen-bond acceptors (Lipinski definition) is 3. The number of carbonyl (C=O) groups excluding carboxylic acids is 1. The van der Waals surface area contributed by atoms with E-state index < -0.39 is 0 Å². The second kappa shape index (κ2) is 5.44. The number of anilines is 2. The number of amides is 1. The van der Waals surface area contributed by atoms with Crippen LogP contribution in [0.4, 0.5) is 11.4 Å². The first kappa shape index (κ1) is 13.4. The molecule has 3 atom stereocenters. The predicted molar refractivity (Wildman–Crippen MR) is 82.0 cm³/mol. The summed E-state index contributed by atoms with van der Waals surface area (Å²) < 4.78 is 0. The van der Waals surface area contributed by atoms with Crippen LogP contribution in [-0.2, 0) is 4.79 Å². The van der Waals surface area contributed by atoms with Crippen LogP contribution in [-0.4, -0.2) is 32.6 Å². The van der Waals surface area contributed by atoms with E-state index >= 15 is 0 Å². The van der Waals surface area contributed by atoms with E-state index in [-0.39, 0.29) is 11.9 Å². The topological polar surface area (TPSA) is 44.4 Å². The maximum absolute atomic E-state index is 12.5. The molecule has 0 radical (unpaired) electrons. The van der Waals surface area contributed by atoms with Gasteiger partial charge in [0, 0.05) is 14.1 Å². The van der Waals surface area contributed by atoms with E-state index in [1.807, 2.05) is 43.3 Å². The van der Waals surface area contributed by atoms with Crippen LogP contribution in [0.3, 0.4) is 0 Å². The van der Waals surface area contributed by atoms with E-state index in [1.54, 1.807) is 0 Å². The molecule has 1 saturated heterocycles. The van der Waals surface area contributed by atoms with Crippen molar-refractivity contribution in [1.82, 2.24) is 5.32 Å². The Bertz CT molecular complexity index is 500. The number of benzene rings is 1. The van der Waals surface area contributed by atoms with Gasteiger partial charge in [0.1, 0.15) is 0 Å². The van der Waals surface area contributed by atoms with Crippen molar-refractivity contribution in [2.24, 2.45) is 11.8 Å². The largest absolute Gasteiger partial charge is 0.376 e. The minimum absolute atomic E-state index is 0.0160. The fourth-order valence-corrected chi connectivity index (χ4v) is 3.65. The minimum Gasteiger partial charge on any atom is -0.376 e. The highest BCUT2D eigenvalue weighted by Crippen LogP contribution is 2.38. The van der Waals surface area contributed by atoms with Crippen molar-refractivity contribution in [3.63, 3.8) is 0 Å². The average Bonchev–Trinajstić information content (AvgIpc) is 3.01. The number of nitrogens with zero attached hydrogens (tertiary/aromatic N) is 1. The van der Waals surface area contributed by atoms with Crippen molar-refractivity contribution in [1.29, 1.82) is 0 Å². The van der Waals surface area contributed by atoms with E-state index in [1.165, 1.54) is 19.3 Å². The molecule has 1 aromatic rings. The van der Waals surface area contributed by atoms with Gasteiger partial charge in [0.15, 0.2) is 0 Å². The van der Waals surface area contributed by atoms with Gasteiger partial charge in [-0.15, -0.1) is 0 Å². The van der Waals surface area contributed by atoms with Crippen LogP contribution in [0.1, 0.15) is 19.3 Å². The van der Waals surface area contributed by atoms with Gasteiger partial charge in [-0.25, -0.2) is 0 Å². The SMILES string of the molecule is CN(C)c1ccccc1NC(=O)C1NCC2CCCC21. The van der Waals surface area contributed by atoms with Crippen LogP contribution >= 0.6 is 0 Å². The molecule has 2 N–H and O–H groups in total. The number of carbonyl (C=O) groups is 1. The quantitative estimate of drug-likeness (QED) is 0.886. The Kier molecular flexibility index (Phi) is 3.66. The molecule has 1 amide bonds. The number of fused-ring (bicyclic) bond motifs is 1. The number of nitrogens with one attached hydrogen (secondary N) is 2. The van der Waals surface area contributed by atoms with E-state index in [4.69, 9.17) is 0 Å². The summed E-state index contributed by atoms with van der Waals surface area (Å²) >= 11 is 0. The summed E-state index contributed by atoms with van der Waals surface area (Å²) in [6.07, 6.45) is 3.73. The Morgan fingerprint density at radius 2 is 2.10 bits per heavy atom. The zero-order valence-corrected chi connectivity index (χ0v) is 12.2. The van der Waals surface area contributed by atoms with Gasteiger partial charge < -0.3 is 15.5 Å². The van der Waals surface area contributed by atoms with Gasteiger partial charge in [0.05, 0.1) is 17.4 Å². The first-order chi connectivity index (χ1) is 9.66. The van der Waals surface area contributed by atoms with Gasteiger partial charge in [-0.1, -0.05) is 18.6 Å². The Morgan fingerprint density at radius 3 is 2.90 bits per heavy atom. The van der Waals surface area contributed by atoms with Crippen LogP contribution < -0.4 is 15.5 Å². The molecule has 1 aliphatic carbocycles. The summed E-state index contributed by atoms with van der Waals surface area (Å²) in [6, 6.07) is 7.93. The van der Waals surface area contributed by atoms with Crippen molar-refractivity contribution in [3.8, 4) is 0 Å². The van der Waals surface area contributed by atoms with E-state index in [0.29, 0.717) is 11.8 Å². The number of rotatable bonds is 3. The molecule has 0 aromatic heterocycles. The third-order valence-corrected chi connectivity index (χ3v) is 4.67. The normalized spacial score (nSPS) is 28.2. The molecule has 2 fully saturated rings. The zero-order valence-electron chi connectivity index (χ0n) is 12.2. The zero-order chi connectivity index (χ0) is 14.1. The maximum Gasteiger partial charge on any atom is 0.241 e. The third-order valence-electron chi connectivity index (χ3n) is 4.67. The highest BCUT2D eigenvalue weighted by atomic mass is 16.2. The van der Waals surface area contributed by atoms with Crippen molar-refractivity contribution >= 4 is 17.3 Å². The van der Waals surface area contributed by atoms with Crippen LogP contribution in [0, 0.1) is 11.8 Å². The monoisotopic (exact) mass is 273 g/mol. The predicted octanol–water partition coefficient (Wildman–Crippen LogP) is 2.08. The molecule has 0 spiro atoms. The fraction of sp³-hybridized carbons (Fsp3) is 0.562. The van der Waals surface area contributed by atoms with Crippen LogP contribution in [0.2, 0.25) is 0 Å². The molecule has 108 valence electrons. The molecule has 4 heteroatoms. The van der Waals surface area contributed by atoms with E-state index in [2.05, 4.69) is 10.6 Å². The summed E-state index contributed by atoms with van der Waals surface area (Å²) in [5.41, 5.74) is 1.94. The Balaban J connectivity index is 1.73. The highest BCUT2D eigenvalue weighted by molar-refractivity contribution is 5.98. The lowest BCUT2D eigenvalue weighted by molar-refractivity contribution is -0.118. The van der Waals surface area contributed by atoms with E-state index in [0.717, 1.165) is 17.9 Å². The number of hydrogen-bond donors (Lipinski definition) is 2. The Labute approximate surface area is 120 Å². The summed E-state index contributed by atoms with van der Waals surface area (Å²) in [7, 11) is 3.98. The first-order valence-electron chi connectivity index (χ1n) is 7.47. The molecule has 1 aromatic carbocycles. The lowest BCUT2D eigenvalue weighted by Crippen LogP contribution is -2.40. The maximum atomic E-state index is 12.5. The Hall–Kier alpha value is -1.55. The van der Waals surface area contributed by atoms with Gasteiger partial charge >= 0.3 is 0 Å². The molecule has 1 aliphatic heterocycles. The van der Waals surface area contributed by atoms with Gasteiger partial charge in [-0.2, -0.15) is 0 Å². The van der Waals surface area contributed by atoms with Gasteiger partial charge in [-0.3, -0.25) is 4.79 Å². The van der Waals surface area contributed by atoms with Gasteiger partial charge in [0.25, 0.3) is 0 Å². The molecular formula is C16H23N3O. The summed E-state index contributed by atoms with van der Waals surface area (Å²) in [6.45, 7) is 0.998. The molecule has 3 unspecified atom stereocenters. The standard InChI is InChI=1S/C16H23N3O/c1-19(2)14-9-4-3-8-13(14)18-16(20)15-12-7-5-6-11(12)10-17-15/h3-4,8-9,11-12,15,17H,5-7,10H2,1-2H3,(H,18,20). The van der Waals surface area contributed by atoms with Crippen LogP contribution in [0.5, 0.6) is 0 Å². The Morgan fingerprint density at radius 1 is 1.30 bits per heavy atom. The van der Waals surface area contributed by atoms with E-state index in [9.17, 15) is 4.79 Å². The second-order valence-corrected chi connectivity index (χ2v) is 6.14. The van der Waals surface area contributed by atoms with Crippen molar-refractivity contribution in [2.45, 2.75) is 25.3 Å². The van der Waals surface area contributed by atoms with Crippen LogP contribution in [0.25, 0.3) is 0 Å². The smallest absolute Gasteiger partial charge is 0.241 e. The summed E-state index contributed by atoms with van der Waals surface area (Å²) in [5.74, 6) is 1.35. The molecule has 1 saturated carbocycles. The molecule has 1 heterocycles. The third kappa shape index (κ3) is 2.40. The molecule has 20 heavy (non-hydrogen) atoms. The molecule has 3 rings (SSSR count).